The number of amides is 1. The van der Waals surface area contributed by atoms with Crippen LogP contribution in [0.1, 0.15) is 26.2 Å². The first kappa shape index (κ1) is 11.9. The zero-order valence-electron chi connectivity index (χ0n) is 10.1. The van der Waals surface area contributed by atoms with Gasteiger partial charge in [-0.3, -0.25) is 4.79 Å². The first-order chi connectivity index (χ1) is 7.83. The number of piperidine rings is 1. The Morgan fingerprint density at radius 3 is 3.19 bits per heavy atom. The highest BCUT2D eigenvalue weighted by molar-refractivity contribution is 5.78. The summed E-state index contributed by atoms with van der Waals surface area (Å²) in [5, 5.41) is 3.38. The molecule has 92 valence electrons. The van der Waals surface area contributed by atoms with Gasteiger partial charge in [0.05, 0.1) is 0 Å². The Labute approximate surface area is 97.3 Å². The molecule has 2 aliphatic rings. The quantitative estimate of drug-likeness (QED) is 0.715. The summed E-state index contributed by atoms with van der Waals surface area (Å²) in [5.74, 6) is 0.843. The molecule has 4 heteroatoms. The summed E-state index contributed by atoms with van der Waals surface area (Å²) in [4.78, 5) is 14.0. The molecule has 2 rings (SSSR count). The molecule has 0 aliphatic carbocycles. The van der Waals surface area contributed by atoms with E-state index in [1.807, 2.05) is 4.90 Å². The second kappa shape index (κ2) is 5.64. The Balaban J connectivity index is 1.84. The number of nitrogens with one attached hydrogen (secondary N) is 1. The summed E-state index contributed by atoms with van der Waals surface area (Å²) in [6.45, 7) is 5.96. The molecule has 0 saturated carbocycles. The van der Waals surface area contributed by atoms with Crippen LogP contribution in [0, 0.1) is 5.92 Å². The highest BCUT2D eigenvalue weighted by atomic mass is 16.5. The van der Waals surface area contributed by atoms with Crippen LogP contribution < -0.4 is 5.32 Å². The summed E-state index contributed by atoms with van der Waals surface area (Å²) in [6.07, 6.45) is 3.38. The zero-order chi connectivity index (χ0) is 11.4. The lowest BCUT2D eigenvalue weighted by atomic mass is 9.92. The number of likely N-dealkylation sites (tertiary alicyclic amines) is 1. The molecule has 2 aliphatic heterocycles. The third-order valence-corrected chi connectivity index (χ3v) is 3.57. The Morgan fingerprint density at radius 1 is 1.50 bits per heavy atom. The largest absolute Gasteiger partial charge is 0.372 e. The molecule has 1 N–H and O–H groups in total. The molecule has 0 bridgehead atoms. The van der Waals surface area contributed by atoms with E-state index in [9.17, 15) is 4.79 Å². The van der Waals surface area contributed by atoms with Crippen LogP contribution in [0.3, 0.4) is 0 Å². The van der Waals surface area contributed by atoms with Gasteiger partial charge in [-0.2, -0.15) is 0 Å². The molecule has 2 unspecified atom stereocenters. The van der Waals surface area contributed by atoms with E-state index in [0.29, 0.717) is 18.6 Å². The number of ether oxygens (including phenoxy) is 1. The van der Waals surface area contributed by atoms with Crippen LogP contribution in [0.2, 0.25) is 0 Å². The monoisotopic (exact) mass is 226 g/mol. The molecule has 2 saturated heterocycles. The van der Waals surface area contributed by atoms with E-state index in [2.05, 4.69) is 12.2 Å². The van der Waals surface area contributed by atoms with Crippen LogP contribution in [0.5, 0.6) is 0 Å². The Morgan fingerprint density at radius 2 is 2.38 bits per heavy atom. The number of hydrogen-bond donors (Lipinski definition) is 1. The summed E-state index contributed by atoms with van der Waals surface area (Å²) in [6, 6.07) is 0.423. The molecule has 0 spiro atoms. The molecule has 0 aromatic carbocycles. The maximum absolute atomic E-state index is 12.0. The minimum absolute atomic E-state index is 0.173. The van der Waals surface area contributed by atoms with Gasteiger partial charge in [-0.1, -0.05) is 6.92 Å². The molecule has 4 nitrogen and oxygen atoms in total. The minimum atomic E-state index is 0.173. The molecule has 16 heavy (non-hydrogen) atoms. The van der Waals surface area contributed by atoms with Gasteiger partial charge in [0.2, 0.25) is 5.91 Å². The van der Waals surface area contributed by atoms with E-state index < -0.39 is 0 Å². The van der Waals surface area contributed by atoms with Gasteiger partial charge in [-0.25, -0.2) is 0 Å². The maximum Gasteiger partial charge on any atom is 0.248 e. The average molecular weight is 226 g/mol. The van der Waals surface area contributed by atoms with Crippen molar-refractivity contribution in [1.29, 1.82) is 0 Å². The van der Waals surface area contributed by atoms with Crippen molar-refractivity contribution >= 4 is 5.91 Å². The van der Waals surface area contributed by atoms with Gasteiger partial charge in [0, 0.05) is 32.3 Å². The van der Waals surface area contributed by atoms with Crippen LogP contribution in [0.4, 0.5) is 0 Å². The molecule has 0 aromatic heterocycles. The second-order valence-corrected chi connectivity index (χ2v) is 4.77. The Hall–Kier alpha value is -0.610. The second-order valence-electron chi connectivity index (χ2n) is 4.77. The normalized spacial score (nSPS) is 29.2. The zero-order valence-corrected chi connectivity index (χ0v) is 10.1. The molecule has 1 amide bonds. The van der Waals surface area contributed by atoms with Crippen LogP contribution in [-0.4, -0.2) is 49.7 Å². The lowest BCUT2D eigenvalue weighted by molar-refractivity contribution is -0.140. The first-order valence-electron chi connectivity index (χ1n) is 6.41. The fourth-order valence-corrected chi connectivity index (χ4v) is 2.76. The smallest absolute Gasteiger partial charge is 0.248 e. The molecule has 2 fully saturated rings. The number of hydrogen-bond acceptors (Lipinski definition) is 3. The van der Waals surface area contributed by atoms with Crippen molar-refractivity contribution in [2.24, 2.45) is 5.92 Å². The summed E-state index contributed by atoms with van der Waals surface area (Å²) in [7, 11) is 0. The van der Waals surface area contributed by atoms with Crippen LogP contribution in [-0.2, 0) is 9.53 Å². The van der Waals surface area contributed by atoms with Crippen LogP contribution in [0.15, 0.2) is 0 Å². The molecular weight excluding hydrogens is 204 g/mol. The fraction of sp³-hybridized carbons (Fsp3) is 0.917. The predicted molar refractivity (Wildman–Crippen MR) is 62.2 cm³/mol. The number of carbonyl (C=O) groups is 1. The number of rotatable bonds is 4. The van der Waals surface area contributed by atoms with Crippen molar-refractivity contribution in [2.75, 3.05) is 32.8 Å². The standard InChI is InChI=1S/C12H22N2O2/c1-2-6-16-9-12(15)14-5-3-4-10-7-13-8-11(10)14/h10-11,13H,2-9H2,1H3. The van der Waals surface area contributed by atoms with Crippen molar-refractivity contribution in [2.45, 2.75) is 32.2 Å². The third kappa shape index (κ3) is 2.55. The first-order valence-corrected chi connectivity index (χ1v) is 6.41. The van der Waals surface area contributed by atoms with Gasteiger partial charge in [-0.15, -0.1) is 0 Å². The third-order valence-electron chi connectivity index (χ3n) is 3.57. The lowest BCUT2D eigenvalue weighted by Gasteiger charge is -2.37. The minimum Gasteiger partial charge on any atom is -0.372 e. The van der Waals surface area contributed by atoms with Crippen molar-refractivity contribution in [3.05, 3.63) is 0 Å². The molecule has 2 heterocycles. The molecule has 0 radical (unpaired) electrons. The van der Waals surface area contributed by atoms with Gasteiger partial charge in [-0.05, 0) is 25.2 Å². The summed E-state index contributed by atoms with van der Waals surface area (Å²) >= 11 is 0. The fourth-order valence-electron chi connectivity index (χ4n) is 2.76. The van der Waals surface area contributed by atoms with Gasteiger partial charge in [0.15, 0.2) is 0 Å². The Kier molecular flexibility index (Phi) is 4.18. The van der Waals surface area contributed by atoms with Crippen molar-refractivity contribution < 1.29 is 9.53 Å². The van der Waals surface area contributed by atoms with E-state index >= 15 is 0 Å². The summed E-state index contributed by atoms with van der Waals surface area (Å²) in [5.41, 5.74) is 0. The van der Waals surface area contributed by atoms with Crippen molar-refractivity contribution in [3.63, 3.8) is 0 Å². The Bertz CT molecular complexity index is 245. The maximum atomic E-state index is 12.0. The van der Waals surface area contributed by atoms with Gasteiger partial charge in [0.1, 0.15) is 6.61 Å². The van der Waals surface area contributed by atoms with E-state index in [-0.39, 0.29) is 12.5 Å². The highest BCUT2D eigenvalue weighted by Gasteiger charge is 2.36. The van der Waals surface area contributed by atoms with Gasteiger partial charge in [0.25, 0.3) is 0 Å². The van der Waals surface area contributed by atoms with E-state index in [4.69, 9.17) is 4.74 Å². The SMILES string of the molecule is CCCOCC(=O)N1CCCC2CNCC21. The number of fused-ring (bicyclic) bond motifs is 1. The molecular formula is C12H22N2O2. The number of nitrogens with zero attached hydrogens (tertiary/aromatic N) is 1. The number of carbonyl (C=O) groups excluding carboxylic acids is 1. The van der Waals surface area contributed by atoms with E-state index in [1.54, 1.807) is 0 Å². The topological polar surface area (TPSA) is 41.6 Å². The molecule has 2 atom stereocenters. The average Bonchev–Trinajstić information content (AvgIpc) is 2.76. The van der Waals surface area contributed by atoms with Crippen molar-refractivity contribution in [3.8, 4) is 0 Å². The van der Waals surface area contributed by atoms with E-state index in [1.165, 1.54) is 6.42 Å². The van der Waals surface area contributed by atoms with Crippen LogP contribution in [0.25, 0.3) is 0 Å². The van der Waals surface area contributed by atoms with Gasteiger partial charge >= 0.3 is 0 Å². The van der Waals surface area contributed by atoms with Crippen molar-refractivity contribution in [1.82, 2.24) is 10.2 Å². The van der Waals surface area contributed by atoms with Gasteiger partial charge < -0.3 is 15.0 Å². The van der Waals surface area contributed by atoms with E-state index in [0.717, 1.165) is 32.5 Å². The summed E-state index contributed by atoms with van der Waals surface area (Å²) < 4.78 is 5.33. The lowest BCUT2D eigenvalue weighted by Crippen LogP contribution is -2.49. The predicted octanol–water partition coefficient (Wildman–Crippen LogP) is 0.623. The van der Waals surface area contributed by atoms with Crippen LogP contribution >= 0.6 is 0 Å². The highest BCUT2D eigenvalue weighted by Crippen LogP contribution is 2.26. The molecule has 0 aromatic rings.